The van der Waals surface area contributed by atoms with Crippen molar-refractivity contribution in [1.29, 1.82) is 5.26 Å². The van der Waals surface area contributed by atoms with E-state index < -0.39 is 5.41 Å². The summed E-state index contributed by atoms with van der Waals surface area (Å²) in [6.45, 7) is 3.67. The third kappa shape index (κ3) is 3.80. The number of nitriles is 1. The number of hydrogen-bond donors (Lipinski definition) is 0. The van der Waals surface area contributed by atoms with Crippen LogP contribution in [0.15, 0.2) is 28.7 Å². The van der Waals surface area contributed by atoms with E-state index in [0.717, 1.165) is 22.9 Å². The molecule has 0 spiro atoms. The fraction of sp³-hybridized carbons (Fsp3) is 0.529. The predicted molar refractivity (Wildman–Crippen MR) is 88.5 cm³/mol. The standard InChI is InChI=1S/C17H21BrN2O2/c1-2-3-12-22-16(21)20-10-8-17(13-19,9-11-20)14-4-6-15(18)7-5-14/h4-7H,2-3,8-12H2,1H3. The Morgan fingerprint density at radius 2 is 2.00 bits per heavy atom. The molecule has 4 nitrogen and oxygen atoms in total. The van der Waals surface area contributed by atoms with E-state index in [2.05, 4.69) is 28.9 Å². The average molecular weight is 365 g/mol. The molecular weight excluding hydrogens is 344 g/mol. The van der Waals surface area contributed by atoms with Crippen LogP contribution in [0, 0.1) is 11.3 Å². The fourth-order valence-corrected chi connectivity index (χ4v) is 2.96. The molecule has 2 rings (SSSR count). The van der Waals surface area contributed by atoms with Gasteiger partial charge < -0.3 is 9.64 Å². The number of nitrogens with zero attached hydrogens (tertiary/aromatic N) is 2. The van der Waals surface area contributed by atoms with Gasteiger partial charge in [0.2, 0.25) is 0 Å². The van der Waals surface area contributed by atoms with Gasteiger partial charge in [0.15, 0.2) is 0 Å². The van der Waals surface area contributed by atoms with Gasteiger partial charge in [0.05, 0.1) is 18.1 Å². The van der Waals surface area contributed by atoms with Crippen molar-refractivity contribution in [3.8, 4) is 6.07 Å². The third-order valence-electron chi connectivity index (χ3n) is 4.21. The molecule has 0 atom stereocenters. The van der Waals surface area contributed by atoms with Crippen LogP contribution >= 0.6 is 15.9 Å². The molecule has 0 radical (unpaired) electrons. The first-order valence-electron chi connectivity index (χ1n) is 7.70. The second-order valence-corrected chi connectivity index (χ2v) is 6.57. The second-order valence-electron chi connectivity index (χ2n) is 5.66. The minimum absolute atomic E-state index is 0.254. The summed E-state index contributed by atoms with van der Waals surface area (Å²) < 4.78 is 6.24. The Kier molecular flexibility index (Phi) is 5.84. The number of rotatable bonds is 4. The van der Waals surface area contributed by atoms with E-state index in [0.29, 0.717) is 32.5 Å². The van der Waals surface area contributed by atoms with Crippen molar-refractivity contribution >= 4 is 22.0 Å². The molecule has 5 heteroatoms. The molecule has 1 amide bonds. The summed E-state index contributed by atoms with van der Waals surface area (Å²) in [7, 11) is 0. The maximum atomic E-state index is 12.0. The number of benzene rings is 1. The van der Waals surface area contributed by atoms with Crippen molar-refractivity contribution in [2.75, 3.05) is 19.7 Å². The fourth-order valence-electron chi connectivity index (χ4n) is 2.70. The van der Waals surface area contributed by atoms with Crippen molar-refractivity contribution in [2.45, 2.75) is 38.0 Å². The van der Waals surface area contributed by atoms with Crippen LogP contribution in [0.2, 0.25) is 0 Å². The van der Waals surface area contributed by atoms with Crippen LogP contribution < -0.4 is 0 Å². The summed E-state index contributed by atoms with van der Waals surface area (Å²) in [5, 5.41) is 9.67. The van der Waals surface area contributed by atoms with Gasteiger partial charge in [0.1, 0.15) is 0 Å². The summed E-state index contributed by atoms with van der Waals surface area (Å²) >= 11 is 3.42. The van der Waals surface area contributed by atoms with Gasteiger partial charge >= 0.3 is 6.09 Å². The van der Waals surface area contributed by atoms with E-state index in [4.69, 9.17) is 4.74 Å². The topological polar surface area (TPSA) is 53.3 Å². The number of carbonyl (C=O) groups excluding carboxylic acids is 1. The van der Waals surface area contributed by atoms with Gasteiger partial charge in [-0.1, -0.05) is 41.4 Å². The first-order chi connectivity index (χ1) is 10.6. The van der Waals surface area contributed by atoms with Crippen LogP contribution in [0.3, 0.4) is 0 Å². The summed E-state index contributed by atoms with van der Waals surface area (Å²) in [5.74, 6) is 0. The highest BCUT2D eigenvalue weighted by Crippen LogP contribution is 2.35. The van der Waals surface area contributed by atoms with Gasteiger partial charge in [0.25, 0.3) is 0 Å². The van der Waals surface area contributed by atoms with Crippen LogP contribution in [0.5, 0.6) is 0 Å². The lowest BCUT2D eigenvalue weighted by Crippen LogP contribution is -2.44. The van der Waals surface area contributed by atoms with Gasteiger partial charge in [-0.2, -0.15) is 5.26 Å². The number of likely N-dealkylation sites (tertiary alicyclic amines) is 1. The van der Waals surface area contributed by atoms with Crippen molar-refractivity contribution in [3.05, 3.63) is 34.3 Å². The van der Waals surface area contributed by atoms with E-state index in [1.165, 1.54) is 0 Å². The first kappa shape index (κ1) is 16.8. The number of halogens is 1. The Morgan fingerprint density at radius 1 is 1.36 bits per heavy atom. The lowest BCUT2D eigenvalue weighted by molar-refractivity contribution is 0.0870. The summed E-state index contributed by atoms with van der Waals surface area (Å²) in [6, 6.07) is 10.4. The zero-order valence-electron chi connectivity index (χ0n) is 12.8. The summed E-state index contributed by atoms with van der Waals surface area (Å²) in [4.78, 5) is 13.7. The number of amides is 1. The molecule has 1 saturated heterocycles. The molecule has 1 aliphatic heterocycles. The number of hydrogen-bond acceptors (Lipinski definition) is 3. The maximum absolute atomic E-state index is 12.0. The minimum atomic E-state index is -0.499. The minimum Gasteiger partial charge on any atom is -0.449 e. The van der Waals surface area contributed by atoms with Crippen molar-refractivity contribution in [3.63, 3.8) is 0 Å². The Balaban J connectivity index is 1.98. The average Bonchev–Trinajstić information content (AvgIpc) is 2.55. The Hall–Kier alpha value is -1.54. The molecule has 1 aromatic carbocycles. The Labute approximate surface area is 140 Å². The number of carbonyl (C=O) groups is 1. The van der Waals surface area contributed by atoms with Crippen LogP contribution in [-0.4, -0.2) is 30.7 Å². The normalized spacial score (nSPS) is 16.9. The number of ether oxygens (including phenoxy) is 1. The van der Waals surface area contributed by atoms with Crippen molar-refractivity contribution < 1.29 is 9.53 Å². The molecule has 0 N–H and O–H groups in total. The molecule has 22 heavy (non-hydrogen) atoms. The molecule has 1 heterocycles. The van der Waals surface area contributed by atoms with E-state index in [9.17, 15) is 10.1 Å². The van der Waals surface area contributed by atoms with E-state index in [1.54, 1.807) is 4.90 Å². The molecule has 1 aliphatic rings. The first-order valence-corrected chi connectivity index (χ1v) is 8.49. The van der Waals surface area contributed by atoms with E-state index >= 15 is 0 Å². The molecule has 1 aromatic rings. The molecule has 0 unspecified atom stereocenters. The maximum Gasteiger partial charge on any atom is 0.409 e. The zero-order valence-corrected chi connectivity index (χ0v) is 14.4. The largest absolute Gasteiger partial charge is 0.449 e. The molecule has 0 saturated carbocycles. The van der Waals surface area contributed by atoms with Crippen LogP contribution in [0.4, 0.5) is 4.79 Å². The predicted octanol–water partition coefficient (Wildman–Crippen LogP) is 4.24. The van der Waals surface area contributed by atoms with Gasteiger partial charge in [-0.15, -0.1) is 0 Å². The van der Waals surface area contributed by atoms with Crippen LogP contribution in [-0.2, 0) is 10.2 Å². The Morgan fingerprint density at radius 3 is 2.55 bits per heavy atom. The van der Waals surface area contributed by atoms with E-state index in [1.807, 2.05) is 24.3 Å². The highest BCUT2D eigenvalue weighted by molar-refractivity contribution is 9.10. The summed E-state index contributed by atoms with van der Waals surface area (Å²) in [5.41, 5.74) is 0.526. The van der Waals surface area contributed by atoms with Crippen molar-refractivity contribution in [2.24, 2.45) is 0 Å². The molecular formula is C17H21BrN2O2. The van der Waals surface area contributed by atoms with E-state index in [-0.39, 0.29) is 6.09 Å². The molecule has 118 valence electrons. The van der Waals surface area contributed by atoms with Gasteiger partial charge in [0, 0.05) is 17.6 Å². The van der Waals surface area contributed by atoms with Gasteiger partial charge in [-0.3, -0.25) is 0 Å². The SMILES string of the molecule is CCCCOC(=O)N1CCC(C#N)(c2ccc(Br)cc2)CC1. The van der Waals surface area contributed by atoms with Crippen LogP contribution in [0.25, 0.3) is 0 Å². The van der Waals surface area contributed by atoms with Gasteiger partial charge in [-0.25, -0.2) is 4.79 Å². The lowest BCUT2D eigenvalue weighted by atomic mass is 9.74. The monoisotopic (exact) mass is 364 g/mol. The smallest absolute Gasteiger partial charge is 0.409 e. The molecule has 0 aromatic heterocycles. The highest BCUT2D eigenvalue weighted by Gasteiger charge is 2.38. The summed E-state index contributed by atoms with van der Waals surface area (Å²) in [6.07, 6.45) is 2.94. The van der Waals surface area contributed by atoms with Gasteiger partial charge in [-0.05, 0) is 37.0 Å². The molecule has 0 bridgehead atoms. The Bertz CT molecular complexity index is 543. The quantitative estimate of drug-likeness (QED) is 0.750. The molecule has 1 fully saturated rings. The molecule has 0 aliphatic carbocycles. The zero-order chi connectivity index (χ0) is 16.0. The lowest BCUT2D eigenvalue weighted by Gasteiger charge is -2.37. The third-order valence-corrected chi connectivity index (χ3v) is 4.74. The second kappa shape index (κ2) is 7.64. The van der Waals surface area contributed by atoms with Crippen molar-refractivity contribution in [1.82, 2.24) is 4.90 Å². The number of piperidine rings is 1. The number of unbranched alkanes of at least 4 members (excludes halogenated alkanes) is 1. The van der Waals surface area contributed by atoms with Crippen LogP contribution in [0.1, 0.15) is 38.2 Å². The highest BCUT2D eigenvalue weighted by atomic mass is 79.9.